The van der Waals surface area contributed by atoms with Crippen LogP contribution in [0.15, 0.2) is 66.0 Å². The molecule has 0 saturated heterocycles. The normalized spacial score (nSPS) is 14.6. The Hall–Kier alpha value is -2.60. The summed E-state index contributed by atoms with van der Waals surface area (Å²) in [6, 6.07) is 16.9. The number of benzene rings is 2. The van der Waals surface area contributed by atoms with Crippen molar-refractivity contribution in [1.82, 2.24) is 14.9 Å². The van der Waals surface area contributed by atoms with Crippen molar-refractivity contribution in [2.75, 3.05) is 0 Å². The van der Waals surface area contributed by atoms with Crippen molar-refractivity contribution in [2.24, 2.45) is 0 Å². The van der Waals surface area contributed by atoms with Crippen LogP contribution in [0.25, 0.3) is 11.3 Å². The topological polar surface area (TPSA) is 46.9 Å². The van der Waals surface area contributed by atoms with Crippen LogP contribution in [0.3, 0.4) is 0 Å². The van der Waals surface area contributed by atoms with Gasteiger partial charge in [0.1, 0.15) is 5.82 Å². The number of carbonyl (C=O) groups excluding carboxylic acids is 1. The fraction of sp³-hybridized carbons (Fsp3) is 0.273. The summed E-state index contributed by atoms with van der Waals surface area (Å²) in [4.78, 5) is 17.0. The quantitative estimate of drug-likeness (QED) is 0.600. The number of rotatable bonds is 7. The van der Waals surface area contributed by atoms with Crippen LogP contribution in [0.2, 0.25) is 0 Å². The Labute approximate surface area is 168 Å². The fourth-order valence-electron chi connectivity index (χ4n) is 2.98. The molecule has 0 bridgehead atoms. The lowest BCUT2D eigenvalue weighted by molar-refractivity contribution is -0.120. The van der Waals surface area contributed by atoms with Crippen molar-refractivity contribution >= 4 is 17.7 Å². The second-order valence-corrected chi connectivity index (χ2v) is 8.36. The summed E-state index contributed by atoms with van der Waals surface area (Å²) in [6.07, 6.45) is 3.94. The zero-order valence-corrected chi connectivity index (χ0v) is 16.5. The highest BCUT2D eigenvalue weighted by Gasteiger charge is 2.27. The first-order chi connectivity index (χ1) is 13.6. The number of hydrogen-bond donors (Lipinski definition) is 1. The minimum atomic E-state index is -0.266. The molecule has 28 heavy (non-hydrogen) atoms. The molecule has 6 heteroatoms. The number of thioether (sulfide) groups is 1. The lowest BCUT2D eigenvalue weighted by Gasteiger charge is -2.15. The van der Waals surface area contributed by atoms with E-state index >= 15 is 0 Å². The van der Waals surface area contributed by atoms with Gasteiger partial charge in [0, 0.05) is 6.04 Å². The molecule has 1 N–H and O–H groups in total. The van der Waals surface area contributed by atoms with Gasteiger partial charge in [0.05, 0.1) is 23.7 Å². The second kappa shape index (κ2) is 8.19. The number of halogens is 1. The maximum absolute atomic E-state index is 13.4. The van der Waals surface area contributed by atoms with E-state index < -0.39 is 0 Å². The summed E-state index contributed by atoms with van der Waals surface area (Å²) >= 11 is 1.45. The van der Waals surface area contributed by atoms with Crippen LogP contribution in [0.1, 0.15) is 25.3 Å². The van der Waals surface area contributed by atoms with E-state index in [1.807, 2.05) is 25.1 Å². The summed E-state index contributed by atoms with van der Waals surface area (Å²) < 4.78 is 15.4. The Kier molecular flexibility index (Phi) is 5.48. The first-order valence-electron chi connectivity index (χ1n) is 9.42. The first-order valence-corrected chi connectivity index (χ1v) is 10.3. The third kappa shape index (κ3) is 4.44. The van der Waals surface area contributed by atoms with Crippen LogP contribution in [-0.2, 0) is 11.3 Å². The molecule has 2 aromatic carbocycles. The molecule has 4 rings (SSSR count). The molecule has 1 fully saturated rings. The van der Waals surface area contributed by atoms with Gasteiger partial charge < -0.3 is 9.88 Å². The number of amides is 1. The summed E-state index contributed by atoms with van der Waals surface area (Å²) in [5, 5.41) is 3.59. The first kappa shape index (κ1) is 18.7. The maximum Gasteiger partial charge on any atom is 0.233 e. The van der Waals surface area contributed by atoms with Crippen molar-refractivity contribution < 1.29 is 9.18 Å². The molecule has 1 aliphatic carbocycles. The largest absolute Gasteiger partial charge is 0.352 e. The van der Waals surface area contributed by atoms with Crippen LogP contribution >= 0.6 is 11.8 Å². The van der Waals surface area contributed by atoms with Gasteiger partial charge in [0.15, 0.2) is 5.16 Å². The maximum atomic E-state index is 13.4. The number of nitrogens with zero attached hydrogens (tertiary/aromatic N) is 2. The van der Waals surface area contributed by atoms with E-state index in [1.165, 1.54) is 23.9 Å². The molecule has 0 radical (unpaired) electrons. The molecule has 1 aromatic heterocycles. The van der Waals surface area contributed by atoms with E-state index in [2.05, 4.69) is 27.0 Å². The lowest BCUT2D eigenvalue weighted by atomic mass is 10.1. The van der Waals surface area contributed by atoms with Gasteiger partial charge in [-0.2, -0.15) is 0 Å². The molecular weight excluding hydrogens is 373 g/mol. The SMILES string of the molecule is C[C@H](Sc1ncc(-c2ccc(F)cc2)n1Cc1ccccc1)C(=O)NC1CC1. The highest BCUT2D eigenvalue weighted by molar-refractivity contribution is 8.00. The molecule has 1 heterocycles. The smallest absolute Gasteiger partial charge is 0.233 e. The molecular formula is C22H22FN3OS. The minimum absolute atomic E-state index is 0.0464. The summed E-state index contributed by atoms with van der Waals surface area (Å²) in [6.45, 7) is 2.54. The second-order valence-electron chi connectivity index (χ2n) is 7.05. The Morgan fingerprint density at radius 1 is 1.21 bits per heavy atom. The highest BCUT2D eigenvalue weighted by atomic mass is 32.2. The molecule has 0 aliphatic heterocycles. The molecule has 1 aliphatic rings. The standard InChI is InChI=1S/C22H22FN3OS/c1-15(21(27)25-19-11-12-19)28-22-24-13-20(17-7-9-18(23)10-8-17)26(22)14-16-5-3-2-4-6-16/h2-10,13,15,19H,11-12,14H2,1H3,(H,25,27)/t15-/m0/s1. The van der Waals surface area contributed by atoms with E-state index in [0.29, 0.717) is 12.6 Å². The molecule has 1 saturated carbocycles. The van der Waals surface area contributed by atoms with Crippen molar-refractivity contribution in [1.29, 1.82) is 0 Å². The van der Waals surface area contributed by atoms with Crippen LogP contribution in [0, 0.1) is 5.82 Å². The molecule has 0 spiro atoms. The summed E-state index contributed by atoms with van der Waals surface area (Å²) in [7, 11) is 0. The number of nitrogens with one attached hydrogen (secondary N) is 1. The Morgan fingerprint density at radius 2 is 1.93 bits per heavy atom. The molecule has 1 atom stereocenters. The predicted molar refractivity (Wildman–Crippen MR) is 110 cm³/mol. The van der Waals surface area contributed by atoms with Crippen molar-refractivity contribution in [3.8, 4) is 11.3 Å². The van der Waals surface area contributed by atoms with E-state index in [9.17, 15) is 9.18 Å². The van der Waals surface area contributed by atoms with Gasteiger partial charge in [-0.1, -0.05) is 42.1 Å². The van der Waals surface area contributed by atoms with E-state index in [-0.39, 0.29) is 17.0 Å². The Morgan fingerprint density at radius 3 is 2.61 bits per heavy atom. The Balaban J connectivity index is 1.63. The average molecular weight is 396 g/mol. The summed E-state index contributed by atoms with van der Waals surface area (Å²) in [5.74, 6) is -0.220. The van der Waals surface area contributed by atoms with E-state index in [1.54, 1.807) is 18.3 Å². The fourth-order valence-corrected chi connectivity index (χ4v) is 3.88. The zero-order valence-electron chi connectivity index (χ0n) is 15.6. The van der Waals surface area contributed by atoms with Gasteiger partial charge in [-0.15, -0.1) is 0 Å². The third-order valence-corrected chi connectivity index (χ3v) is 5.82. The third-order valence-electron chi connectivity index (χ3n) is 4.72. The van der Waals surface area contributed by atoms with Crippen molar-refractivity contribution in [3.05, 3.63) is 72.2 Å². The van der Waals surface area contributed by atoms with Gasteiger partial charge >= 0.3 is 0 Å². The van der Waals surface area contributed by atoms with Crippen LogP contribution < -0.4 is 5.32 Å². The number of carbonyl (C=O) groups is 1. The zero-order chi connectivity index (χ0) is 19.5. The van der Waals surface area contributed by atoms with Gasteiger partial charge in [-0.05, 0) is 55.2 Å². The average Bonchev–Trinajstić information content (AvgIpc) is 3.44. The van der Waals surface area contributed by atoms with Crippen molar-refractivity contribution in [3.63, 3.8) is 0 Å². The molecule has 1 amide bonds. The van der Waals surface area contributed by atoms with Crippen LogP contribution in [0.5, 0.6) is 0 Å². The van der Waals surface area contributed by atoms with Gasteiger partial charge in [-0.3, -0.25) is 4.79 Å². The Bertz CT molecular complexity index is 952. The van der Waals surface area contributed by atoms with E-state index in [4.69, 9.17) is 0 Å². The van der Waals surface area contributed by atoms with Crippen LogP contribution in [0.4, 0.5) is 4.39 Å². The number of aromatic nitrogens is 2. The number of hydrogen-bond acceptors (Lipinski definition) is 3. The molecule has 0 unspecified atom stereocenters. The molecule has 3 aromatic rings. The van der Waals surface area contributed by atoms with Gasteiger partial charge in [0.2, 0.25) is 5.91 Å². The van der Waals surface area contributed by atoms with E-state index in [0.717, 1.165) is 34.8 Å². The van der Waals surface area contributed by atoms with Crippen molar-refractivity contribution in [2.45, 2.75) is 42.8 Å². The molecule has 144 valence electrons. The van der Waals surface area contributed by atoms with Gasteiger partial charge in [-0.25, -0.2) is 9.37 Å². The van der Waals surface area contributed by atoms with Gasteiger partial charge in [0.25, 0.3) is 0 Å². The lowest BCUT2D eigenvalue weighted by Crippen LogP contribution is -2.32. The monoisotopic (exact) mass is 395 g/mol. The highest BCUT2D eigenvalue weighted by Crippen LogP contribution is 2.30. The van der Waals surface area contributed by atoms with Crippen LogP contribution in [-0.4, -0.2) is 26.8 Å². The molecule has 4 nitrogen and oxygen atoms in total. The number of imidazole rings is 1. The predicted octanol–water partition coefficient (Wildman–Crippen LogP) is 4.50. The minimum Gasteiger partial charge on any atom is -0.352 e. The summed E-state index contributed by atoms with van der Waals surface area (Å²) in [5.41, 5.74) is 2.94.